The van der Waals surface area contributed by atoms with E-state index < -0.39 is 11.0 Å². The Morgan fingerprint density at radius 3 is 2.47 bits per heavy atom. The molecular weight excluding hydrogens is 238 g/mol. The number of likely N-dealkylation sites (tertiary alicyclic amines) is 1. The van der Waals surface area contributed by atoms with Crippen molar-refractivity contribution in [2.75, 3.05) is 27.7 Å². The van der Waals surface area contributed by atoms with Crippen LogP contribution in [0, 0.1) is 0 Å². The minimum absolute atomic E-state index is 0.0382. The molecule has 3 atom stereocenters. The van der Waals surface area contributed by atoms with E-state index in [1.54, 1.807) is 26.0 Å². The molecular formula is C11H23N3O2S. The van der Waals surface area contributed by atoms with E-state index in [0.29, 0.717) is 12.5 Å². The highest BCUT2D eigenvalue weighted by Crippen LogP contribution is 2.24. The van der Waals surface area contributed by atoms with Gasteiger partial charge in [-0.25, -0.2) is 8.93 Å². The highest BCUT2D eigenvalue weighted by atomic mass is 32.2. The molecule has 0 spiro atoms. The van der Waals surface area contributed by atoms with Crippen molar-refractivity contribution in [1.29, 1.82) is 0 Å². The summed E-state index contributed by atoms with van der Waals surface area (Å²) in [6, 6.07) is 0.162. The van der Waals surface area contributed by atoms with Crippen molar-refractivity contribution >= 4 is 16.9 Å². The van der Waals surface area contributed by atoms with Crippen LogP contribution in [0.5, 0.6) is 0 Å². The zero-order valence-corrected chi connectivity index (χ0v) is 12.1. The molecule has 0 saturated carbocycles. The SMILES string of the molecule is CNS(=O)C1CC(C(=O)N(C)C)N(C(C)C)C1. The van der Waals surface area contributed by atoms with Gasteiger partial charge in [0.05, 0.1) is 22.3 Å². The predicted octanol–water partition coefficient (Wildman–Crippen LogP) is -0.191. The molecule has 1 fully saturated rings. The first-order valence-electron chi connectivity index (χ1n) is 5.93. The summed E-state index contributed by atoms with van der Waals surface area (Å²) in [4.78, 5) is 15.8. The van der Waals surface area contributed by atoms with Crippen molar-refractivity contribution in [2.24, 2.45) is 0 Å². The molecule has 100 valence electrons. The first-order chi connectivity index (χ1) is 7.88. The van der Waals surface area contributed by atoms with E-state index >= 15 is 0 Å². The second-order valence-electron chi connectivity index (χ2n) is 4.90. The zero-order valence-electron chi connectivity index (χ0n) is 11.3. The molecule has 0 bridgehead atoms. The number of likely N-dealkylation sites (N-methyl/N-ethyl adjacent to an activating group) is 1. The average molecular weight is 261 g/mol. The van der Waals surface area contributed by atoms with E-state index in [4.69, 9.17) is 0 Å². The van der Waals surface area contributed by atoms with E-state index in [2.05, 4.69) is 23.5 Å². The molecule has 0 aromatic heterocycles. The van der Waals surface area contributed by atoms with Gasteiger partial charge in [0.1, 0.15) is 0 Å². The molecule has 17 heavy (non-hydrogen) atoms. The van der Waals surface area contributed by atoms with Crippen LogP contribution in [0.3, 0.4) is 0 Å². The van der Waals surface area contributed by atoms with Gasteiger partial charge in [-0.1, -0.05) is 0 Å². The van der Waals surface area contributed by atoms with Gasteiger partial charge < -0.3 is 4.90 Å². The lowest BCUT2D eigenvalue weighted by Gasteiger charge is -2.28. The molecule has 5 nitrogen and oxygen atoms in total. The van der Waals surface area contributed by atoms with Crippen LogP contribution < -0.4 is 4.72 Å². The van der Waals surface area contributed by atoms with Crippen molar-refractivity contribution in [3.63, 3.8) is 0 Å². The fraction of sp³-hybridized carbons (Fsp3) is 0.909. The van der Waals surface area contributed by atoms with Crippen LogP contribution in [0.2, 0.25) is 0 Å². The van der Waals surface area contributed by atoms with Gasteiger partial charge in [0, 0.05) is 26.7 Å². The van der Waals surface area contributed by atoms with Gasteiger partial charge in [-0.2, -0.15) is 0 Å². The van der Waals surface area contributed by atoms with E-state index in [0.717, 1.165) is 6.54 Å². The van der Waals surface area contributed by atoms with Crippen LogP contribution in [0.1, 0.15) is 20.3 Å². The van der Waals surface area contributed by atoms with E-state index in [1.165, 1.54) is 0 Å². The fourth-order valence-corrected chi connectivity index (χ4v) is 3.25. The molecule has 0 radical (unpaired) electrons. The van der Waals surface area contributed by atoms with Gasteiger partial charge >= 0.3 is 0 Å². The summed E-state index contributed by atoms with van der Waals surface area (Å²) in [7, 11) is 4.17. The zero-order chi connectivity index (χ0) is 13.2. The lowest BCUT2D eigenvalue weighted by Crippen LogP contribution is -2.45. The number of carbonyl (C=O) groups excluding carboxylic acids is 1. The molecule has 3 unspecified atom stereocenters. The molecule has 1 N–H and O–H groups in total. The maximum Gasteiger partial charge on any atom is 0.239 e. The number of nitrogens with one attached hydrogen (secondary N) is 1. The largest absolute Gasteiger partial charge is 0.347 e. The molecule has 0 aromatic carbocycles. The van der Waals surface area contributed by atoms with Gasteiger partial charge in [0.2, 0.25) is 5.91 Å². The molecule has 0 aromatic rings. The van der Waals surface area contributed by atoms with Crippen LogP contribution in [-0.4, -0.2) is 64.9 Å². The number of rotatable bonds is 4. The molecule has 1 rings (SSSR count). The predicted molar refractivity (Wildman–Crippen MR) is 69.9 cm³/mol. The highest BCUT2D eigenvalue weighted by molar-refractivity contribution is 7.83. The van der Waals surface area contributed by atoms with Crippen molar-refractivity contribution < 1.29 is 9.00 Å². The molecule has 1 aliphatic rings. The molecule has 0 aliphatic carbocycles. The molecule has 1 aliphatic heterocycles. The highest BCUT2D eigenvalue weighted by Gasteiger charge is 2.40. The minimum Gasteiger partial charge on any atom is -0.347 e. The van der Waals surface area contributed by atoms with E-state index in [-0.39, 0.29) is 17.2 Å². The summed E-state index contributed by atoms with van der Waals surface area (Å²) in [5, 5.41) is 0.0382. The Bertz CT molecular complexity index is 307. The number of amides is 1. The summed E-state index contributed by atoms with van der Waals surface area (Å²) >= 11 is 0. The molecule has 1 heterocycles. The van der Waals surface area contributed by atoms with Crippen LogP contribution in [0.15, 0.2) is 0 Å². The van der Waals surface area contributed by atoms with Gasteiger partial charge in [0.15, 0.2) is 0 Å². The smallest absolute Gasteiger partial charge is 0.239 e. The lowest BCUT2D eigenvalue weighted by atomic mass is 10.2. The van der Waals surface area contributed by atoms with Crippen LogP contribution in [0.25, 0.3) is 0 Å². The number of hydrogen-bond donors (Lipinski definition) is 1. The Labute approximate surface area is 106 Å². The maximum atomic E-state index is 12.1. The molecule has 1 saturated heterocycles. The Kier molecular flexibility index (Phi) is 5.09. The summed E-state index contributed by atoms with van der Waals surface area (Å²) in [5.41, 5.74) is 0. The normalized spacial score (nSPS) is 27.4. The Morgan fingerprint density at radius 2 is 2.06 bits per heavy atom. The monoisotopic (exact) mass is 261 g/mol. The van der Waals surface area contributed by atoms with Crippen LogP contribution in [-0.2, 0) is 15.8 Å². The maximum absolute atomic E-state index is 12.1. The second-order valence-corrected chi connectivity index (χ2v) is 6.57. The van der Waals surface area contributed by atoms with Crippen molar-refractivity contribution in [3.8, 4) is 0 Å². The lowest BCUT2D eigenvalue weighted by molar-refractivity contribution is -0.133. The van der Waals surface area contributed by atoms with Gasteiger partial charge in [-0.3, -0.25) is 9.69 Å². The summed E-state index contributed by atoms with van der Waals surface area (Å²) in [6.07, 6.45) is 0.669. The topological polar surface area (TPSA) is 52.7 Å². The van der Waals surface area contributed by atoms with Gasteiger partial charge in [0.25, 0.3) is 0 Å². The van der Waals surface area contributed by atoms with Crippen LogP contribution >= 0.6 is 0 Å². The van der Waals surface area contributed by atoms with Gasteiger partial charge in [-0.15, -0.1) is 0 Å². The second kappa shape index (κ2) is 5.93. The Balaban J connectivity index is 2.81. The molecule has 6 heteroatoms. The van der Waals surface area contributed by atoms with Crippen LogP contribution in [0.4, 0.5) is 0 Å². The summed E-state index contributed by atoms with van der Waals surface area (Å²) in [6.45, 7) is 4.86. The number of nitrogens with zero attached hydrogens (tertiary/aromatic N) is 2. The van der Waals surface area contributed by atoms with Crippen molar-refractivity contribution in [3.05, 3.63) is 0 Å². The first-order valence-corrected chi connectivity index (χ1v) is 7.14. The third kappa shape index (κ3) is 3.26. The summed E-state index contributed by atoms with van der Waals surface area (Å²) < 4.78 is 14.5. The third-order valence-corrected chi connectivity index (χ3v) is 4.54. The third-order valence-electron chi connectivity index (χ3n) is 3.19. The fourth-order valence-electron chi connectivity index (χ4n) is 2.25. The first kappa shape index (κ1) is 14.6. The van der Waals surface area contributed by atoms with Gasteiger partial charge in [-0.05, 0) is 27.3 Å². The van der Waals surface area contributed by atoms with Crippen molar-refractivity contribution in [2.45, 2.75) is 37.6 Å². The van der Waals surface area contributed by atoms with Crippen molar-refractivity contribution in [1.82, 2.24) is 14.5 Å². The van der Waals surface area contributed by atoms with E-state index in [1.807, 2.05) is 0 Å². The standard InChI is InChI=1S/C11H23N3O2S/c1-8(2)14-7-9(17(16)12-3)6-10(14)11(15)13(4)5/h8-10,12H,6-7H2,1-5H3. The Morgan fingerprint density at radius 1 is 1.47 bits per heavy atom. The Hall–Kier alpha value is -0.460. The number of hydrogen-bond acceptors (Lipinski definition) is 3. The quantitative estimate of drug-likeness (QED) is 0.763. The minimum atomic E-state index is -1.05. The molecule has 1 amide bonds. The average Bonchev–Trinajstić information content (AvgIpc) is 2.71. The summed E-state index contributed by atoms with van der Waals surface area (Å²) in [5.74, 6) is 0.106. The van der Waals surface area contributed by atoms with E-state index in [9.17, 15) is 9.00 Å². The number of carbonyl (C=O) groups is 1.